The summed E-state index contributed by atoms with van der Waals surface area (Å²) in [6.45, 7) is 4.94. The van der Waals surface area contributed by atoms with Crippen LogP contribution in [0.15, 0.2) is 30.3 Å². The van der Waals surface area contributed by atoms with E-state index >= 15 is 0 Å². The van der Waals surface area contributed by atoms with Gasteiger partial charge in [-0.1, -0.05) is 41.7 Å². The normalized spacial score (nSPS) is 19.6. The topological polar surface area (TPSA) is 121 Å². The zero-order valence-corrected chi connectivity index (χ0v) is 20.0. The van der Waals surface area contributed by atoms with Gasteiger partial charge >= 0.3 is 0 Å². The van der Waals surface area contributed by atoms with Gasteiger partial charge in [0.1, 0.15) is 10.9 Å². The maximum atomic E-state index is 13.1. The lowest BCUT2D eigenvalue weighted by Crippen LogP contribution is -2.51. The Labute approximate surface area is 196 Å². The van der Waals surface area contributed by atoms with E-state index < -0.39 is 27.7 Å². The van der Waals surface area contributed by atoms with Gasteiger partial charge in [0.2, 0.25) is 0 Å². The van der Waals surface area contributed by atoms with Crippen LogP contribution in [0.25, 0.3) is 0 Å². The summed E-state index contributed by atoms with van der Waals surface area (Å²) >= 11 is 1.28. The van der Waals surface area contributed by atoms with Crippen LogP contribution in [0, 0.1) is 6.92 Å². The number of amides is 2. The Bertz CT molecular complexity index is 1090. The van der Waals surface area contributed by atoms with E-state index in [4.69, 9.17) is 4.74 Å². The number of carbonyl (C=O) groups is 2. The summed E-state index contributed by atoms with van der Waals surface area (Å²) < 4.78 is 29.1. The molecule has 2 saturated heterocycles. The zero-order chi connectivity index (χ0) is 23.4. The van der Waals surface area contributed by atoms with E-state index in [0.717, 1.165) is 23.8 Å². The summed E-state index contributed by atoms with van der Waals surface area (Å²) in [6, 6.07) is 8.41. The van der Waals surface area contributed by atoms with E-state index in [0.29, 0.717) is 23.8 Å². The first kappa shape index (κ1) is 23.6. The van der Waals surface area contributed by atoms with E-state index in [1.165, 1.54) is 11.3 Å². The Hall–Kier alpha value is -2.54. The molecule has 2 N–H and O–H groups in total. The number of thiazole rings is 1. The highest BCUT2D eigenvalue weighted by Gasteiger charge is 2.33. The highest BCUT2D eigenvalue weighted by Crippen LogP contribution is 2.27. The van der Waals surface area contributed by atoms with Gasteiger partial charge in [0.05, 0.1) is 30.4 Å². The fraction of sp³-hybridized carbons (Fsp3) is 0.476. The van der Waals surface area contributed by atoms with Crippen LogP contribution in [0.2, 0.25) is 0 Å². The summed E-state index contributed by atoms with van der Waals surface area (Å²) in [4.78, 5) is 34.8. The molecule has 1 aromatic carbocycles. The first-order chi connectivity index (χ1) is 15.8. The van der Waals surface area contributed by atoms with Crippen molar-refractivity contribution in [3.8, 4) is 0 Å². The van der Waals surface area contributed by atoms with E-state index in [1.54, 1.807) is 6.92 Å². The summed E-state index contributed by atoms with van der Waals surface area (Å²) in [6.07, 6.45) is 0. The highest BCUT2D eigenvalue weighted by atomic mass is 32.2. The molecule has 0 saturated carbocycles. The first-order valence-corrected chi connectivity index (χ1v) is 13.4. The largest absolute Gasteiger partial charge is 0.378 e. The van der Waals surface area contributed by atoms with Crippen LogP contribution in [0.4, 0.5) is 5.13 Å². The molecule has 0 spiro atoms. The number of anilines is 1. The van der Waals surface area contributed by atoms with Gasteiger partial charge in [0.25, 0.3) is 11.8 Å². The number of hydrogen-bond donors (Lipinski definition) is 2. The quantitative estimate of drug-likeness (QED) is 0.579. The number of benzene rings is 1. The molecule has 0 radical (unpaired) electrons. The molecule has 33 heavy (non-hydrogen) atoms. The second-order valence-electron chi connectivity index (χ2n) is 7.95. The van der Waals surface area contributed by atoms with E-state index in [-0.39, 0.29) is 24.6 Å². The minimum atomic E-state index is -3.09. The molecule has 2 amide bonds. The number of carbonyl (C=O) groups excluding carboxylic acids is 2. The molecule has 10 nitrogen and oxygen atoms in total. The molecule has 2 aliphatic heterocycles. The minimum Gasteiger partial charge on any atom is -0.378 e. The molecule has 1 unspecified atom stereocenters. The minimum absolute atomic E-state index is 0.000346. The van der Waals surface area contributed by atoms with Gasteiger partial charge in [-0.3, -0.25) is 25.3 Å². The Morgan fingerprint density at radius 3 is 2.39 bits per heavy atom. The third-order valence-electron chi connectivity index (χ3n) is 5.68. The standard InChI is InChI=1S/C21H27N5O5S2/c1-15-18(32-21(22-15)26-7-11-31-12-8-26)20(28)24-23-19(27)17(16-5-3-2-4-6-16)25-9-13-33(29,30)14-10-25/h2-6,17H,7-14H2,1H3,(H,23,27)(H,24,28). The van der Waals surface area contributed by atoms with Crippen LogP contribution in [-0.2, 0) is 19.4 Å². The van der Waals surface area contributed by atoms with Crippen molar-refractivity contribution >= 4 is 38.1 Å². The first-order valence-electron chi connectivity index (χ1n) is 10.7. The van der Waals surface area contributed by atoms with Crippen molar-refractivity contribution in [2.24, 2.45) is 0 Å². The monoisotopic (exact) mass is 493 g/mol. The zero-order valence-electron chi connectivity index (χ0n) is 18.3. The van der Waals surface area contributed by atoms with Gasteiger partial charge in [-0.2, -0.15) is 0 Å². The summed E-state index contributed by atoms with van der Waals surface area (Å²) in [5, 5.41) is 0.754. The molecule has 2 aliphatic rings. The van der Waals surface area contributed by atoms with Crippen LogP contribution in [-0.4, -0.2) is 81.0 Å². The molecule has 12 heteroatoms. The summed E-state index contributed by atoms with van der Waals surface area (Å²) in [5.41, 5.74) is 6.36. The highest BCUT2D eigenvalue weighted by molar-refractivity contribution is 7.91. The summed E-state index contributed by atoms with van der Waals surface area (Å²) in [7, 11) is -3.09. The van der Waals surface area contributed by atoms with E-state index in [9.17, 15) is 18.0 Å². The van der Waals surface area contributed by atoms with Crippen LogP contribution < -0.4 is 15.8 Å². The number of hydrogen-bond acceptors (Lipinski definition) is 9. The predicted molar refractivity (Wildman–Crippen MR) is 125 cm³/mol. The molecule has 2 aromatic rings. The lowest BCUT2D eigenvalue weighted by molar-refractivity contribution is -0.127. The second kappa shape index (κ2) is 10.2. The average Bonchev–Trinajstić information content (AvgIpc) is 3.22. The van der Waals surface area contributed by atoms with Gasteiger partial charge in [0.15, 0.2) is 15.0 Å². The SMILES string of the molecule is Cc1nc(N2CCOCC2)sc1C(=O)NNC(=O)C(c1ccccc1)N1CCS(=O)(=O)CC1. The molecular formula is C21H27N5O5S2. The number of aromatic nitrogens is 1. The number of hydrazine groups is 1. The van der Waals surface area contributed by atoms with Gasteiger partial charge in [0, 0.05) is 26.2 Å². The molecule has 3 heterocycles. The molecule has 0 aliphatic carbocycles. The van der Waals surface area contributed by atoms with Crippen molar-refractivity contribution in [3.05, 3.63) is 46.5 Å². The predicted octanol–water partition coefficient (Wildman–Crippen LogP) is 0.521. The van der Waals surface area contributed by atoms with Crippen LogP contribution in [0.3, 0.4) is 0 Å². The van der Waals surface area contributed by atoms with Crippen molar-refractivity contribution in [1.29, 1.82) is 0 Å². The fourth-order valence-corrected chi connectivity index (χ4v) is 6.12. The number of rotatable bonds is 5. The third kappa shape index (κ3) is 5.69. The van der Waals surface area contributed by atoms with Crippen molar-refractivity contribution in [1.82, 2.24) is 20.7 Å². The second-order valence-corrected chi connectivity index (χ2v) is 11.2. The molecule has 0 bridgehead atoms. The lowest BCUT2D eigenvalue weighted by Gasteiger charge is -2.33. The molecular weight excluding hydrogens is 466 g/mol. The maximum Gasteiger partial charge on any atom is 0.281 e. The molecule has 2 fully saturated rings. The molecule has 1 atom stereocenters. The van der Waals surface area contributed by atoms with E-state index in [2.05, 4.69) is 20.7 Å². The van der Waals surface area contributed by atoms with Gasteiger partial charge in [-0.05, 0) is 12.5 Å². The van der Waals surface area contributed by atoms with Gasteiger partial charge < -0.3 is 9.64 Å². The molecule has 4 rings (SSSR count). The van der Waals surface area contributed by atoms with Crippen LogP contribution in [0.5, 0.6) is 0 Å². The Morgan fingerprint density at radius 1 is 1.06 bits per heavy atom. The number of nitrogens with one attached hydrogen (secondary N) is 2. The third-order valence-corrected chi connectivity index (χ3v) is 8.51. The fourth-order valence-electron chi connectivity index (χ4n) is 3.87. The number of ether oxygens (including phenoxy) is 1. The van der Waals surface area contributed by atoms with Crippen LogP contribution >= 0.6 is 11.3 Å². The Balaban J connectivity index is 1.44. The summed E-state index contributed by atoms with van der Waals surface area (Å²) in [5.74, 6) is -0.865. The number of morpholine rings is 1. The van der Waals surface area contributed by atoms with Crippen molar-refractivity contribution < 1.29 is 22.7 Å². The van der Waals surface area contributed by atoms with Crippen LogP contribution in [0.1, 0.15) is 27.0 Å². The number of nitrogens with zero attached hydrogens (tertiary/aromatic N) is 3. The van der Waals surface area contributed by atoms with Gasteiger partial charge in [-0.15, -0.1) is 0 Å². The van der Waals surface area contributed by atoms with Crippen molar-refractivity contribution in [2.45, 2.75) is 13.0 Å². The number of aryl methyl sites for hydroxylation is 1. The van der Waals surface area contributed by atoms with Gasteiger partial charge in [-0.25, -0.2) is 13.4 Å². The molecule has 178 valence electrons. The van der Waals surface area contributed by atoms with E-state index in [1.807, 2.05) is 35.2 Å². The average molecular weight is 494 g/mol. The molecule has 1 aromatic heterocycles. The van der Waals surface area contributed by atoms with Crippen molar-refractivity contribution in [3.63, 3.8) is 0 Å². The number of sulfone groups is 1. The lowest BCUT2D eigenvalue weighted by atomic mass is 10.0. The Morgan fingerprint density at radius 2 is 1.73 bits per heavy atom. The maximum absolute atomic E-state index is 13.1. The Kier molecular flexibility index (Phi) is 7.27. The smallest absolute Gasteiger partial charge is 0.281 e. The van der Waals surface area contributed by atoms with Crippen molar-refractivity contribution in [2.75, 3.05) is 55.8 Å².